The number of benzene rings is 1. The number of hydrogen-bond donors (Lipinski definition) is 12. The Morgan fingerprint density at radius 2 is 1.29 bits per heavy atom. The number of hydrogen-bond acceptors (Lipinski definition) is 12. The highest BCUT2D eigenvalue weighted by Gasteiger charge is 2.32. The number of phenolic OH excluding ortho intramolecular Hbond substituents is 1. The Morgan fingerprint density at radius 3 is 1.83 bits per heavy atom. The molecule has 15 N–H and O–H groups in total. The van der Waals surface area contributed by atoms with Crippen LogP contribution < -0.4 is 54.8 Å². The van der Waals surface area contributed by atoms with Gasteiger partial charge >= 0.3 is 0 Å². The highest BCUT2D eigenvalue weighted by Crippen LogP contribution is 2.12. The van der Waals surface area contributed by atoms with Crippen molar-refractivity contribution >= 4 is 77.6 Å². The van der Waals surface area contributed by atoms with Crippen LogP contribution in [0.3, 0.4) is 0 Å². The first-order valence-corrected chi connectivity index (χ1v) is 17.5. The van der Waals surface area contributed by atoms with Crippen LogP contribution in [0.15, 0.2) is 29.3 Å². The molecule has 1 rings (SSSR count). The van der Waals surface area contributed by atoms with Gasteiger partial charge in [-0.15, -0.1) is 11.8 Å². The number of nitrogens with one attached hydrogen (secondary N) is 6. The number of thiol groups is 1. The number of carbonyl (C=O) groups is 8. The van der Waals surface area contributed by atoms with Crippen LogP contribution in [0.5, 0.6) is 5.75 Å². The van der Waals surface area contributed by atoms with Crippen molar-refractivity contribution in [3.63, 3.8) is 0 Å². The van der Waals surface area contributed by atoms with Crippen LogP contribution in [-0.4, -0.2) is 112 Å². The first-order valence-electron chi connectivity index (χ1n) is 15.8. The Kier molecular flexibility index (Phi) is 20.0. The van der Waals surface area contributed by atoms with Crippen LogP contribution in [0, 0.1) is 0 Å². The van der Waals surface area contributed by atoms with E-state index < -0.39 is 78.0 Å². The number of aliphatic imine (C=N–C) groups is 1. The number of nitrogens with two attached hydrogens (primary N) is 4. The standard InChI is InChI=1S/C30H47N11O9S2/c1-15(42)36-14-52-13-23(29(50)40-22(12-51)28(49)38-19(25(32)46)4-3-9-35-30(33)34)41-27(48)21(11-24(31)45)39-26(47)20(37-16(2)43)10-17-5-7-18(44)8-6-17/h5-8,19-23,44,51H,3-4,9-14H2,1-2H3,(H2,31,45)(H2,32,46)(H,36,42)(H,37,43)(H,38,49)(H,39,47)(H,40,50)(H,41,48)(H4,33,34,35)/t19-,20-,21-,22-,23-/m0/s1. The summed E-state index contributed by atoms with van der Waals surface area (Å²) >= 11 is 5.15. The molecule has 52 heavy (non-hydrogen) atoms. The molecule has 0 heterocycles. The second-order valence-corrected chi connectivity index (χ2v) is 12.7. The lowest BCUT2D eigenvalue weighted by molar-refractivity contribution is -0.135. The molecule has 22 heteroatoms. The van der Waals surface area contributed by atoms with Gasteiger partial charge in [-0.05, 0) is 30.5 Å². The first kappa shape index (κ1) is 44.8. The van der Waals surface area contributed by atoms with Gasteiger partial charge in [0.15, 0.2) is 5.96 Å². The minimum atomic E-state index is -1.61. The van der Waals surface area contributed by atoms with E-state index in [-0.39, 0.29) is 60.8 Å². The molecule has 0 aliphatic carbocycles. The Balaban J connectivity index is 3.19. The minimum absolute atomic E-state index is 0.0246. The van der Waals surface area contributed by atoms with Crippen LogP contribution in [0.2, 0.25) is 0 Å². The molecule has 0 aromatic heterocycles. The quantitative estimate of drug-likeness (QED) is 0.0165. The molecule has 5 atom stereocenters. The third kappa shape index (κ3) is 18.1. The lowest BCUT2D eigenvalue weighted by Crippen LogP contribution is -2.60. The van der Waals surface area contributed by atoms with Crippen molar-refractivity contribution in [1.29, 1.82) is 0 Å². The molecule has 0 saturated carbocycles. The fraction of sp³-hybridized carbons (Fsp3) is 0.500. The van der Waals surface area contributed by atoms with Gasteiger partial charge in [-0.3, -0.25) is 43.3 Å². The highest BCUT2D eigenvalue weighted by molar-refractivity contribution is 7.99. The molecular formula is C30H47N11O9S2. The lowest BCUT2D eigenvalue weighted by Gasteiger charge is -2.26. The van der Waals surface area contributed by atoms with E-state index in [1.54, 1.807) is 0 Å². The highest BCUT2D eigenvalue weighted by atomic mass is 32.2. The van der Waals surface area contributed by atoms with E-state index in [0.29, 0.717) is 5.56 Å². The van der Waals surface area contributed by atoms with Crippen molar-refractivity contribution in [3.05, 3.63) is 29.8 Å². The number of primary amides is 2. The number of rotatable bonds is 23. The van der Waals surface area contributed by atoms with Gasteiger partial charge in [0.1, 0.15) is 36.0 Å². The molecule has 288 valence electrons. The second kappa shape index (κ2) is 23.3. The molecule has 0 fully saturated rings. The van der Waals surface area contributed by atoms with Gasteiger partial charge in [-0.2, -0.15) is 12.6 Å². The molecule has 0 aliphatic heterocycles. The Labute approximate surface area is 309 Å². The first-order chi connectivity index (χ1) is 24.4. The summed E-state index contributed by atoms with van der Waals surface area (Å²) in [5.41, 5.74) is 21.9. The van der Waals surface area contributed by atoms with Gasteiger partial charge in [-0.1, -0.05) is 12.1 Å². The molecule has 8 amide bonds. The molecule has 0 spiro atoms. The van der Waals surface area contributed by atoms with Crippen molar-refractivity contribution in [2.24, 2.45) is 27.9 Å². The number of aromatic hydroxyl groups is 1. The summed E-state index contributed by atoms with van der Waals surface area (Å²) in [6.07, 6.45) is -0.388. The van der Waals surface area contributed by atoms with Crippen LogP contribution in [0.4, 0.5) is 0 Å². The molecule has 0 unspecified atom stereocenters. The second-order valence-electron chi connectivity index (χ2n) is 11.3. The minimum Gasteiger partial charge on any atom is -0.508 e. The van der Waals surface area contributed by atoms with Gasteiger partial charge in [0, 0.05) is 38.3 Å². The van der Waals surface area contributed by atoms with E-state index in [4.69, 9.17) is 22.9 Å². The lowest BCUT2D eigenvalue weighted by atomic mass is 10.0. The summed E-state index contributed by atoms with van der Waals surface area (Å²) in [7, 11) is 0. The number of amides is 8. The van der Waals surface area contributed by atoms with E-state index >= 15 is 0 Å². The van der Waals surface area contributed by atoms with Gasteiger partial charge in [0.2, 0.25) is 47.3 Å². The van der Waals surface area contributed by atoms with E-state index in [0.717, 1.165) is 11.8 Å². The largest absolute Gasteiger partial charge is 0.508 e. The van der Waals surface area contributed by atoms with Crippen molar-refractivity contribution in [3.8, 4) is 5.75 Å². The summed E-state index contributed by atoms with van der Waals surface area (Å²) in [4.78, 5) is 104. The molecule has 0 bridgehead atoms. The predicted octanol–water partition coefficient (Wildman–Crippen LogP) is -4.45. The van der Waals surface area contributed by atoms with Crippen molar-refractivity contribution in [2.45, 2.75) is 69.7 Å². The SMILES string of the molecule is CC(=O)NCSC[C@H](NC(=O)[C@H](CC(N)=O)NC(=O)[C@H](Cc1ccc(O)cc1)NC(C)=O)C(=O)N[C@@H](CS)C(=O)N[C@@H](CCCN=C(N)N)C(N)=O. The maximum absolute atomic E-state index is 13.5. The number of carbonyl (C=O) groups excluding carboxylic acids is 8. The van der Waals surface area contributed by atoms with Crippen LogP contribution in [0.1, 0.15) is 38.7 Å². The summed E-state index contributed by atoms with van der Waals surface area (Å²) in [5.74, 6) is -6.92. The van der Waals surface area contributed by atoms with Crippen molar-refractivity contribution < 1.29 is 43.5 Å². The fourth-order valence-corrected chi connectivity index (χ4v) is 5.47. The maximum atomic E-state index is 13.5. The Morgan fingerprint density at radius 1 is 0.750 bits per heavy atom. The third-order valence-electron chi connectivity index (χ3n) is 6.87. The van der Waals surface area contributed by atoms with E-state index in [9.17, 15) is 43.5 Å². The molecule has 20 nitrogen and oxygen atoms in total. The predicted molar refractivity (Wildman–Crippen MR) is 195 cm³/mol. The monoisotopic (exact) mass is 769 g/mol. The van der Waals surface area contributed by atoms with Gasteiger partial charge in [0.25, 0.3) is 0 Å². The molecule has 1 aromatic rings. The molecule has 1 aromatic carbocycles. The third-order valence-corrected chi connectivity index (χ3v) is 8.15. The number of thioether (sulfide) groups is 1. The van der Waals surface area contributed by atoms with Crippen LogP contribution in [-0.2, 0) is 44.8 Å². The van der Waals surface area contributed by atoms with Gasteiger partial charge in [0.05, 0.1) is 12.3 Å². The number of guanidine groups is 1. The van der Waals surface area contributed by atoms with Crippen molar-refractivity contribution in [2.75, 3.05) is 23.9 Å². The van der Waals surface area contributed by atoms with Gasteiger partial charge < -0.3 is 59.9 Å². The molecular weight excluding hydrogens is 723 g/mol. The summed E-state index contributed by atoms with van der Waals surface area (Å²) in [5, 5.41) is 24.3. The average molecular weight is 770 g/mol. The zero-order valence-electron chi connectivity index (χ0n) is 28.7. The van der Waals surface area contributed by atoms with Crippen LogP contribution >= 0.6 is 24.4 Å². The van der Waals surface area contributed by atoms with E-state index in [2.05, 4.69) is 49.5 Å². The summed E-state index contributed by atoms with van der Waals surface area (Å²) in [6, 6.07) is -0.907. The topological polar surface area (TPSA) is 345 Å². The van der Waals surface area contributed by atoms with Crippen molar-refractivity contribution in [1.82, 2.24) is 31.9 Å². The summed E-state index contributed by atoms with van der Waals surface area (Å²) in [6.45, 7) is 2.61. The molecule has 0 aliphatic rings. The van der Waals surface area contributed by atoms with E-state index in [1.807, 2.05) is 0 Å². The maximum Gasteiger partial charge on any atom is 0.244 e. The molecule has 0 radical (unpaired) electrons. The van der Waals surface area contributed by atoms with Gasteiger partial charge in [-0.25, -0.2) is 0 Å². The fourth-order valence-electron chi connectivity index (χ4n) is 4.32. The molecule has 0 saturated heterocycles. The Hall–Kier alpha value is -5.25. The van der Waals surface area contributed by atoms with E-state index in [1.165, 1.54) is 38.1 Å². The zero-order chi connectivity index (χ0) is 39.4. The van der Waals surface area contributed by atoms with Crippen LogP contribution in [0.25, 0.3) is 0 Å². The normalized spacial score (nSPS) is 13.4. The smallest absolute Gasteiger partial charge is 0.244 e. The average Bonchev–Trinajstić information content (AvgIpc) is 3.05. The zero-order valence-corrected chi connectivity index (χ0v) is 30.4. The number of phenols is 1. The Bertz CT molecular complexity index is 1460. The summed E-state index contributed by atoms with van der Waals surface area (Å²) < 4.78 is 0. The number of nitrogens with zero attached hydrogens (tertiary/aromatic N) is 1.